The number of nitrogens with zero attached hydrogens (tertiary/aromatic N) is 1. The zero-order valence-electron chi connectivity index (χ0n) is 13.9. The van der Waals surface area contributed by atoms with Gasteiger partial charge in [-0.15, -0.1) is 0 Å². The van der Waals surface area contributed by atoms with Crippen LogP contribution in [0.4, 0.5) is 0 Å². The Bertz CT molecular complexity index is 701. The van der Waals surface area contributed by atoms with Crippen molar-refractivity contribution in [2.45, 2.75) is 13.8 Å². The first-order chi connectivity index (χ1) is 11.6. The minimum absolute atomic E-state index is 0.155. The maximum atomic E-state index is 12.1. The Morgan fingerprint density at radius 2 is 1.46 bits per heavy atom. The summed E-state index contributed by atoms with van der Waals surface area (Å²) in [4.78, 5) is 25.6. The third-order valence-electron chi connectivity index (χ3n) is 3.57. The predicted molar refractivity (Wildman–Crippen MR) is 94.4 cm³/mol. The van der Waals surface area contributed by atoms with E-state index in [1.54, 1.807) is 29.2 Å². The molecule has 4 heteroatoms. The number of para-hydroxylation sites is 1. The van der Waals surface area contributed by atoms with Crippen LogP contribution in [-0.2, 0) is 4.79 Å². The third-order valence-corrected chi connectivity index (χ3v) is 3.57. The molecule has 0 spiro atoms. The summed E-state index contributed by atoms with van der Waals surface area (Å²) in [6, 6.07) is 16.3. The molecule has 4 nitrogen and oxygen atoms in total. The monoisotopic (exact) mass is 323 g/mol. The number of ether oxygens (including phenoxy) is 1. The van der Waals surface area contributed by atoms with Crippen molar-refractivity contribution in [2.24, 2.45) is 0 Å². The lowest BCUT2D eigenvalue weighted by molar-refractivity contribution is -0.125. The molecule has 1 amide bonds. The van der Waals surface area contributed by atoms with Crippen molar-refractivity contribution >= 4 is 11.7 Å². The standard InChI is InChI=1S/C20H21NO3/c1-3-21(4-2)20(23)15-14-19(22)16-10-12-18(13-11-16)24-17-8-6-5-7-9-17/h5-15H,3-4H2,1-2H3/b15-14+. The second-order valence-electron chi connectivity index (χ2n) is 5.15. The van der Waals surface area contributed by atoms with Crippen LogP contribution in [0.5, 0.6) is 11.5 Å². The van der Waals surface area contributed by atoms with E-state index >= 15 is 0 Å². The van der Waals surface area contributed by atoms with E-state index in [-0.39, 0.29) is 11.7 Å². The number of amides is 1. The highest BCUT2D eigenvalue weighted by Crippen LogP contribution is 2.21. The van der Waals surface area contributed by atoms with Crippen molar-refractivity contribution in [3.8, 4) is 11.5 Å². The van der Waals surface area contributed by atoms with Crippen molar-refractivity contribution in [3.05, 3.63) is 72.3 Å². The average molecular weight is 323 g/mol. The lowest BCUT2D eigenvalue weighted by Crippen LogP contribution is -2.28. The maximum Gasteiger partial charge on any atom is 0.246 e. The van der Waals surface area contributed by atoms with E-state index in [4.69, 9.17) is 4.74 Å². The van der Waals surface area contributed by atoms with E-state index < -0.39 is 0 Å². The Labute approximate surface area is 142 Å². The van der Waals surface area contributed by atoms with Gasteiger partial charge in [0, 0.05) is 24.7 Å². The van der Waals surface area contributed by atoms with Crippen LogP contribution in [0.25, 0.3) is 0 Å². The molecule has 0 bridgehead atoms. The number of hydrogen-bond acceptors (Lipinski definition) is 3. The largest absolute Gasteiger partial charge is 0.457 e. The number of carbonyl (C=O) groups is 2. The molecule has 124 valence electrons. The van der Waals surface area contributed by atoms with Crippen LogP contribution in [0, 0.1) is 0 Å². The van der Waals surface area contributed by atoms with Gasteiger partial charge in [0.05, 0.1) is 0 Å². The van der Waals surface area contributed by atoms with Crippen LogP contribution in [-0.4, -0.2) is 29.7 Å². The Hall–Kier alpha value is -2.88. The van der Waals surface area contributed by atoms with Gasteiger partial charge in [0.15, 0.2) is 5.78 Å². The lowest BCUT2D eigenvalue weighted by atomic mass is 10.1. The van der Waals surface area contributed by atoms with Crippen molar-refractivity contribution in [2.75, 3.05) is 13.1 Å². The smallest absolute Gasteiger partial charge is 0.246 e. The molecule has 0 aliphatic rings. The second-order valence-corrected chi connectivity index (χ2v) is 5.15. The molecule has 0 aromatic heterocycles. The van der Waals surface area contributed by atoms with E-state index in [2.05, 4.69) is 0 Å². The summed E-state index contributed by atoms with van der Waals surface area (Å²) >= 11 is 0. The fourth-order valence-corrected chi connectivity index (χ4v) is 2.20. The van der Waals surface area contributed by atoms with Gasteiger partial charge >= 0.3 is 0 Å². The van der Waals surface area contributed by atoms with Gasteiger partial charge in [-0.05, 0) is 56.3 Å². The van der Waals surface area contributed by atoms with Crippen LogP contribution >= 0.6 is 0 Å². The number of benzene rings is 2. The molecule has 0 fully saturated rings. The van der Waals surface area contributed by atoms with Crippen LogP contribution in [0.15, 0.2) is 66.7 Å². The first-order valence-electron chi connectivity index (χ1n) is 7.98. The summed E-state index contributed by atoms with van der Waals surface area (Å²) in [5, 5.41) is 0. The zero-order valence-corrected chi connectivity index (χ0v) is 13.9. The average Bonchev–Trinajstić information content (AvgIpc) is 2.62. The Morgan fingerprint density at radius 3 is 2.04 bits per heavy atom. The summed E-state index contributed by atoms with van der Waals surface area (Å²) in [5.41, 5.74) is 0.513. The second kappa shape index (κ2) is 8.67. The molecule has 0 saturated heterocycles. The molecule has 2 aromatic rings. The Morgan fingerprint density at radius 1 is 0.875 bits per heavy atom. The van der Waals surface area contributed by atoms with Crippen molar-refractivity contribution < 1.29 is 14.3 Å². The van der Waals surface area contributed by atoms with Gasteiger partial charge in [-0.1, -0.05) is 18.2 Å². The number of allylic oxidation sites excluding steroid dienone is 1. The van der Waals surface area contributed by atoms with E-state index in [9.17, 15) is 9.59 Å². The molecule has 24 heavy (non-hydrogen) atoms. The van der Waals surface area contributed by atoms with Gasteiger partial charge < -0.3 is 9.64 Å². The highest BCUT2D eigenvalue weighted by atomic mass is 16.5. The third kappa shape index (κ3) is 4.81. The van der Waals surface area contributed by atoms with Gasteiger partial charge in [0.1, 0.15) is 11.5 Å². The highest BCUT2D eigenvalue weighted by molar-refractivity contribution is 6.07. The van der Waals surface area contributed by atoms with Gasteiger partial charge in [-0.25, -0.2) is 0 Å². The predicted octanol–water partition coefficient (Wildman–Crippen LogP) is 4.09. The molecule has 2 rings (SSSR count). The molecule has 0 aliphatic carbocycles. The number of carbonyl (C=O) groups excluding carboxylic acids is 2. The first kappa shape index (κ1) is 17.5. The SMILES string of the molecule is CCN(CC)C(=O)/C=C/C(=O)c1ccc(Oc2ccccc2)cc1. The number of ketones is 1. The summed E-state index contributed by atoms with van der Waals surface area (Å²) < 4.78 is 5.68. The minimum atomic E-state index is -0.207. The molecule has 0 heterocycles. The van der Waals surface area contributed by atoms with Crippen molar-refractivity contribution in [3.63, 3.8) is 0 Å². The lowest BCUT2D eigenvalue weighted by Gasteiger charge is -2.15. The fourth-order valence-electron chi connectivity index (χ4n) is 2.20. The molecular weight excluding hydrogens is 302 g/mol. The Balaban J connectivity index is 1.99. The number of rotatable bonds is 7. The topological polar surface area (TPSA) is 46.6 Å². The van der Waals surface area contributed by atoms with Crippen molar-refractivity contribution in [1.82, 2.24) is 4.90 Å². The Kier molecular flexibility index (Phi) is 6.32. The zero-order chi connectivity index (χ0) is 17.4. The molecule has 0 atom stereocenters. The van der Waals surface area contributed by atoms with E-state index in [1.165, 1.54) is 12.2 Å². The van der Waals surface area contributed by atoms with Crippen LogP contribution in [0.1, 0.15) is 24.2 Å². The number of hydrogen-bond donors (Lipinski definition) is 0. The maximum absolute atomic E-state index is 12.1. The summed E-state index contributed by atoms with van der Waals surface area (Å²) in [7, 11) is 0. The van der Waals surface area contributed by atoms with E-state index in [1.807, 2.05) is 44.2 Å². The van der Waals surface area contributed by atoms with E-state index in [0.717, 1.165) is 5.75 Å². The first-order valence-corrected chi connectivity index (χ1v) is 7.98. The summed E-state index contributed by atoms with van der Waals surface area (Å²) in [6.07, 6.45) is 2.64. The molecular formula is C20H21NO3. The van der Waals surface area contributed by atoms with Gasteiger partial charge in [0.25, 0.3) is 0 Å². The van der Waals surface area contributed by atoms with Gasteiger partial charge in [0.2, 0.25) is 5.91 Å². The van der Waals surface area contributed by atoms with Crippen LogP contribution in [0.3, 0.4) is 0 Å². The normalized spacial score (nSPS) is 10.6. The summed E-state index contributed by atoms with van der Waals surface area (Å²) in [5.74, 6) is 1.03. The molecule has 0 unspecified atom stereocenters. The summed E-state index contributed by atoms with van der Waals surface area (Å²) in [6.45, 7) is 5.06. The van der Waals surface area contributed by atoms with Crippen LogP contribution in [0.2, 0.25) is 0 Å². The highest BCUT2D eigenvalue weighted by Gasteiger charge is 2.07. The van der Waals surface area contributed by atoms with Gasteiger partial charge in [-0.3, -0.25) is 9.59 Å². The number of likely N-dealkylation sites (N-methyl/N-ethyl adjacent to an activating group) is 1. The molecule has 0 radical (unpaired) electrons. The van der Waals surface area contributed by atoms with Crippen molar-refractivity contribution in [1.29, 1.82) is 0 Å². The van der Waals surface area contributed by atoms with E-state index in [0.29, 0.717) is 24.4 Å². The molecule has 0 N–H and O–H groups in total. The molecule has 0 saturated carbocycles. The molecule has 2 aromatic carbocycles. The van der Waals surface area contributed by atoms with Crippen LogP contribution < -0.4 is 4.74 Å². The quantitative estimate of drug-likeness (QED) is 0.569. The van der Waals surface area contributed by atoms with Gasteiger partial charge in [-0.2, -0.15) is 0 Å². The molecule has 0 aliphatic heterocycles. The fraction of sp³-hybridized carbons (Fsp3) is 0.200. The minimum Gasteiger partial charge on any atom is -0.457 e.